The number of hydrogen-bond donors (Lipinski definition) is 0. The zero-order valence-electron chi connectivity index (χ0n) is 10.4. The van der Waals surface area contributed by atoms with Gasteiger partial charge in [0.15, 0.2) is 0 Å². The molecule has 0 N–H and O–H groups in total. The Morgan fingerprint density at radius 2 is 0.750 bits per heavy atom. The van der Waals surface area contributed by atoms with Gasteiger partial charge in [0.25, 0.3) is 0 Å². The minimum absolute atomic E-state index is 0. The zero-order valence-corrected chi connectivity index (χ0v) is 10.4. The number of hydrogen-bond acceptors (Lipinski definition) is 0. The minimum Gasteiger partial charge on any atom is -0.0818 e. The molecule has 1 aliphatic carbocycles. The van der Waals surface area contributed by atoms with Gasteiger partial charge in [-0.1, -0.05) is 84.4 Å². The number of allylic oxidation sites excluding steroid dienone is 2. The monoisotopic (exact) mass is 290 g/mol. The van der Waals surface area contributed by atoms with Gasteiger partial charge in [-0.2, -0.15) is 0 Å². The molecular formula is C20H50. The average molecular weight is 291 g/mol. The maximum atomic E-state index is 2.53. The Morgan fingerprint density at radius 3 is 0.850 bits per heavy atom. The summed E-state index contributed by atoms with van der Waals surface area (Å²) in [5.74, 6) is 0. The molecule has 0 aromatic rings. The van der Waals surface area contributed by atoms with E-state index in [0.29, 0.717) is 10.8 Å². The van der Waals surface area contributed by atoms with E-state index >= 15 is 0 Å². The quantitative estimate of drug-likeness (QED) is 0.454. The van der Waals surface area contributed by atoms with E-state index < -0.39 is 0 Å². The van der Waals surface area contributed by atoms with Crippen LogP contribution in [0.1, 0.15) is 111 Å². The van der Waals surface area contributed by atoms with Gasteiger partial charge in [0, 0.05) is 0 Å². The summed E-state index contributed by atoms with van der Waals surface area (Å²) in [6.07, 6.45) is 13.1. The van der Waals surface area contributed by atoms with Crippen LogP contribution in [0.25, 0.3) is 0 Å². The van der Waals surface area contributed by atoms with E-state index in [4.69, 9.17) is 0 Å². The van der Waals surface area contributed by atoms with E-state index in [1.165, 1.54) is 38.5 Å². The molecule has 0 unspecified atom stereocenters. The lowest BCUT2D eigenvalue weighted by atomic mass is 9.65. The molecule has 0 bridgehead atoms. The molecule has 0 saturated heterocycles. The molecule has 0 fully saturated rings. The topological polar surface area (TPSA) is 0 Å². The Bertz CT molecular complexity index is 170. The van der Waals surface area contributed by atoms with Crippen molar-refractivity contribution in [2.75, 3.05) is 0 Å². The van der Waals surface area contributed by atoms with Crippen molar-refractivity contribution in [3.8, 4) is 0 Å². The van der Waals surface area contributed by atoms with E-state index in [-0.39, 0.29) is 44.6 Å². The molecule has 0 radical (unpaired) electrons. The Morgan fingerprint density at radius 1 is 0.550 bits per heavy atom. The fraction of sp³-hybridized carbons (Fsp3) is 0.900. The summed E-state index contributed by atoms with van der Waals surface area (Å²) < 4.78 is 0. The van der Waals surface area contributed by atoms with Gasteiger partial charge >= 0.3 is 0 Å². The van der Waals surface area contributed by atoms with Gasteiger partial charge in [-0.15, -0.1) is 0 Å². The SMILES string of the molecule is C.C.C.C.C.C.CCC1(CC)C=CC(CC)(CC)CC1. The lowest BCUT2D eigenvalue weighted by Gasteiger charge is -2.40. The summed E-state index contributed by atoms with van der Waals surface area (Å²) in [5.41, 5.74) is 1.07. The molecule has 0 heteroatoms. The van der Waals surface area contributed by atoms with Crippen molar-refractivity contribution >= 4 is 0 Å². The third kappa shape index (κ3) is 7.50. The van der Waals surface area contributed by atoms with Crippen molar-refractivity contribution in [1.82, 2.24) is 0 Å². The molecule has 0 aliphatic heterocycles. The Hall–Kier alpha value is -0.260. The van der Waals surface area contributed by atoms with Crippen LogP contribution in [0.2, 0.25) is 0 Å². The van der Waals surface area contributed by atoms with Crippen LogP contribution in [0, 0.1) is 10.8 Å². The van der Waals surface area contributed by atoms with E-state index in [9.17, 15) is 0 Å². The maximum Gasteiger partial charge on any atom is -0.0123 e. The first-order valence-electron chi connectivity index (χ1n) is 6.36. The third-order valence-corrected chi connectivity index (χ3v) is 4.73. The highest BCUT2D eigenvalue weighted by atomic mass is 14.4. The van der Waals surface area contributed by atoms with Crippen molar-refractivity contribution in [1.29, 1.82) is 0 Å². The van der Waals surface area contributed by atoms with Gasteiger partial charge in [-0.25, -0.2) is 0 Å². The summed E-state index contributed by atoms with van der Waals surface area (Å²) in [6.45, 7) is 9.33. The second-order valence-corrected chi connectivity index (χ2v) is 4.97. The van der Waals surface area contributed by atoms with Gasteiger partial charge in [-0.3, -0.25) is 0 Å². The van der Waals surface area contributed by atoms with Crippen molar-refractivity contribution < 1.29 is 0 Å². The molecule has 130 valence electrons. The predicted molar refractivity (Wildman–Crippen MR) is 105 cm³/mol. The first-order valence-corrected chi connectivity index (χ1v) is 6.36. The van der Waals surface area contributed by atoms with Crippen molar-refractivity contribution in [2.24, 2.45) is 10.8 Å². The molecular weight excluding hydrogens is 240 g/mol. The smallest absolute Gasteiger partial charge is 0.0123 e. The molecule has 0 spiro atoms. The van der Waals surface area contributed by atoms with Crippen LogP contribution in [0.3, 0.4) is 0 Å². The zero-order chi connectivity index (χ0) is 10.7. The van der Waals surface area contributed by atoms with Gasteiger partial charge < -0.3 is 0 Å². The van der Waals surface area contributed by atoms with E-state index in [1.807, 2.05) is 0 Å². The summed E-state index contributed by atoms with van der Waals surface area (Å²) in [7, 11) is 0. The first-order chi connectivity index (χ1) is 6.66. The molecule has 0 saturated carbocycles. The summed E-state index contributed by atoms with van der Waals surface area (Å²) in [5, 5.41) is 0. The lowest BCUT2D eigenvalue weighted by molar-refractivity contribution is 0.206. The highest BCUT2D eigenvalue weighted by Crippen LogP contribution is 2.46. The average Bonchev–Trinajstić information content (AvgIpc) is 2.29. The normalized spacial score (nSPS) is 16.6. The second kappa shape index (κ2) is 15.1. The highest BCUT2D eigenvalue weighted by Gasteiger charge is 2.34. The Labute approximate surface area is 134 Å². The van der Waals surface area contributed by atoms with Gasteiger partial charge in [0.2, 0.25) is 0 Å². The van der Waals surface area contributed by atoms with Gasteiger partial charge in [0.1, 0.15) is 0 Å². The van der Waals surface area contributed by atoms with Crippen LogP contribution < -0.4 is 0 Å². The fourth-order valence-corrected chi connectivity index (χ4v) is 2.70. The molecule has 0 heterocycles. The Kier molecular flexibility index (Phi) is 27.8. The molecule has 0 atom stereocenters. The summed E-state index contributed by atoms with van der Waals surface area (Å²) in [4.78, 5) is 0. The van der Waals surface area contributed by atoms with E-state index in [2.05, 4.69) is 39.8 Å². The minimum atomic E-state index is 0. The van der Waals surface area contributed by atoms with Gasteiger partial charge in [-0.05, 0) is 49.4 Å². The van der Waals surface area contributed by atoms with E-state index in [0.717, 1.165) is 0 Å². The van der Waals surface area contributed by atoms with Crippen LogP contribution in [0.5, 0.6) is 0 Å². The summed E-state index contributed by atoms with van der Waals surface area (Å²) >= 11 is 0. The van der Waals surface area contributed by atoms with Crippen LogP contribution >= 0.6 is 0 Å². The van der Waals surface area contributed by atoms with Crippen LogP contribution in [-0.4, -0.2) is 0 Å². The molecule has 0 amide bonds. The largest absolute Gasteiger partial charge is 0.0818 e. The van der Waals surface area contributed by atoms with Crippen molar-refractivity contribution in [2.45, 2.75) is 111 Å². The molecule has 0 nitrogen and oxygen atoms in total. The lowest BCUT2D eigenvalue weighted by Crippen LogP contribution is -2.28. The molecule has 1 rings (SSSR count). The molecule has 1 aliphatic rings. The standard InChI is InChI=1S/C14H26.6CH4/c1-5-13(6-2)9-11-14(7-3,8-4)12-10-13;;;;;;/h9,11H,5-8,10,12H2,1-4H3;6*1H4. The molecule has 0 aromatic carbocycles. The highest BCUT2D eigenvalue weighted by molar-refractivity contribution is 5.11. The van der Waals surface area contributed by atoms with Crippen molar-refractivity contribution in [3.63, 3.8) is 0 Å². The van der Waals surface area contributed by atoms with Crippen LogP contribution in [0.4, 0.5) is 0 Å². The molecule has 20 heavy (non-hydrogen) atoms. The van der Waals surface area contributed by atoms with Crippen molar-refractivity contribution in [3.05, 3.63) is 12.2 Å². The number of rotatable bonds is 4. The Balaban J connectivity index is -0.0000000817. The second-order valence-electron chi connectivity index (χ2n) is 4.97. The fourth-order valence-electron chi connectivity index (χ4n) is 2.70. The first kappa shape index (κ1) is 36.7. The maximum absolute atomic E-state index is 2.53. The van der Waals surface area contributed by atoms with Crippen LogP contribution in [-0.2, 0) is 0 Å². The van der Waals surface area contributed by atoms with Gasteiger partial charge in [0.05, 0.1) is 0 Å². The predicted octanol–water partition coefficient (Wildman–Crippen LogP) is 8.77. The molecule has 0 aromatic heterocycles. The third-order valence-electron chi connectivity index (χ3n) is 4.73. The summed E-state index contributed by atoms with van der Waals surface area (Å²) in [6, 6.07) is 0. The van der Waals surface area contributed by atoms with E-state index in [1.54, 1.807) is 0 Å². The van der Waals surface area contributed by atoms with Crippen LogP contribution in [0.15, 0.2) is 12.2 Å².